The van der Waals surface area contributed by atoms with E-state index in [1.54, 1.807) is 6.26 Å². The maximum Gasteiger partial charge on any atom is 0.341 e. The lowest BCUT2D eigenvalue weighted by molar-refractivity contribution is -0.117. The van der Waals surface area contributed by atoms with Gasteiger partial charge in [-0.2, -0.15) is 0 Å². The number of carbonyl (C=O) groups is 2. The molecule has 1 aliphatic heterocycles. The number of hydrogen-bond donors (Lipinski definition) is 1. The fourth-order valence-electron chi connectivity index (χ4n) is 3.68. The molecule has 1 aromatic carbocycles. The predicted molar refractivity (Wildman–Crippen MR) is 120 cm³/mol. The number of piperazine rings is 1. The summed E-state index contributed by atoms with van der Waals surface area (Å²) < 4.78 is 10.4. The van der Waals surface area contributed by atoms with Crippen molar-refractivity contribution in [1.82, 2.24) is 9.80 Å². The van der Waals surface area contributed by atoms with E-state index in [4.69, 9.17) is 9.15 Å². The fraction of sp³-hybridized carbons (Fsp3) is 0.304. The van der Waals surface area contributed by atoms with E-state index in [1.807, 2.05) is 47.8 Å². The molecule has 0 bridgehead atoms. The number of esters is 1. The van der Waals surface area contributed by atoms with Gasteiger partial charge in [0.25, 0.3) is 0 Å². The highest BCUT2D eigenvalue weighted by molar-refractivity contribution is 7.15. The van der Waals surface area contributed by atoms with Gasteiger partial charge in [-0.1, -0.05) is 30.3 Å². The Morgan fingerprint density at radius 2 is 1.81 bits per heavy atom. The average molecular weight is 440 g/mol. The summed E-state index contributed by atoms with van der Waals surface area (Å²) in [7, 11) is 1.35. The lowest BCUT2D eigenvalue weighted by Gasteiger charge is -2.33. The molecule has 2 aromatic heterocycles. The molecular formula is C23H25N3O4S. The Bertz CT molecular complexity index is 1010. The first-order valence-corrected chi connectivity index (χ1v) is 11.0. The Labute approximate surface area is 185 Å². The lowest BCUT2D eigenvalue weighted by Crippen LogP contribution is -2.48. The van der Waals surface area contributed by atoms with Crippen molar-refractivity contribution >= 4 is 28.2 Å². The van der Waals surface area contributed by atoms with E-state index >= 15 is 0 Å². The molecule has 0 unspecified atom stereocenters. The van der Waals surface area contributed by atoms with Crippen LogP contribution in [0.2, 0.25) is 0 Å². The van der Waals surface area contributed by atoms with Gasteiger partial charge < -0.3 is 14.5 Å². The number of carbonyl (C=O) groups excluding carboxylic acids is 2. The molecule has 0 radical (unpaired) electrons. The molecule has 1 aliphatic rings. The average Bonchev–Trinajstić information content (AvgIpc) is 3.45. The molecule has 1 amide bonds. The molecule has 0 aliphatic carbocycles. The minimum absolute atomic E-state index is 0.133. The quantitative estimate of drug-likeness (QED) is 0.568. The minimum Gasteiger partial charge on any atom is -0.468 e. The molecule has 0 spiro atoms. The SMILES string of the molecule is COC(=O)c1c(-c2ccccc2)csc1NC(=O)CN1CCN(Cc2ccco2)CC1. The molecule has 1 fully saturated rings. The highest BCUT2D eigenvalue weighted by atomic mass is 32.1. The van der Waals surface area contributed by atoms with Crippen LogP contribution in [0.15, 0.2) is 58.5 Å². The van der Waals surface area contributed by atoms with Crippen LogP contribution < -0.4 is 5.32 Å². The Morgan fingerprint density at radius 1 is 1.06 bits per heavy atom. The largest absolute Gasteiger partial charge is 0.468 e. The molecule has 4 rings (SSSR count). The first-order valence-electron chi connectivity index (χ1n) is 10.2. The topological polar surface area (TPSA) is 75.0 Å². The minimum atomic E-state index is -0.457. The van der Waals surface area contributed by atoms with Crippen molar-refractivity contribution in [2.45, 2.75) is 6.54 Å². The summed E-state index contributed by atoms with van der Waals surface area (Å²) in [5, 5.41) is 5.32. The van der Waals surface area contributed by atoms with Crippen molar-refractivity contribution in [2.75, 3.05) is 45.2 Å². The van der Waals surface area contributed by atoms with E-state index < -0.39 is 5.97 Å². The standard InChI is InChI=1S/C23H25N3O4S/c1-29-23(28)21-19(17-6-3-2-4-7-17)16-31-22(21)24-20(27)15-26-11-9-25(10-12-26)14-18-8-5-13-30-18/h2-8,13,16H,9-12,14-15H2,1H3,(H,24,27). The number of methoxy groups -OCH3 is 1. The van der Waals surface area contributed by atoms with Crippen LogP contribution >= 0.6 is 11.3 Å². The van der Waals surface area contributed by atoms with Crippen molar-refractivity contribution in [1.29, 1.82) is 0 Å². The molecule has 3 aromatic rings. The molecule has 162 valence electrons. The van der Waals surface area contributed by atoms with Gasteiger partial charge in [-0.15, -0.1) is 11.3 Å². The van der Waals surface area contributed by atoms with Crippen LogP contribution in [0.1, 0.15) is 16.1 Å². The summed E-state index contributed by atoms with van der Waals surface area (Å²) in [5.74, 6) is 0.362. The maximum absolute atomic E-state index is 12.7. The molecule has 8 heteroatoms. The van der Waals surface area contributed by atoms with E-state index in [1.165, 1.54) is 18.4 Å². The van der Waals surface area contributed by atoms with Gasteiger partial charge >= 0.3 is 5.97 Å². The van der Waals surface area contributed by atoms with E-state index in [0.717, 1.165) is 49.6 Å². The Kier molecular flexibility index (Phi) is 6.81. The third-order valence-electron chi connectivity index (χ3n) is 5.31. The van der Waals surface area contributed by atoms with Crippen LogP contribution in [0.5, 0.6) is 0 Å². The van der Waals surface area contributed by atoms with E-state index in [0.29, 0.717) is 10.6 Å². The monoisotopic (exact) mass is 439 g/mol. The van der Waals surface area contributed by atoms with E-state index in [9.17, 15) is 9.59 Å². The third kappa shape index (κ3) is 5.22. The summed E-state index contributed by atoms with van der Waals surface area (Å²) in [6.07, 6.45) is 1.69. The predicted octanol–water partition coefficient (Wildman–Crippen LogP) is 3.55. The molecule has 31 heavy (non-hydrogen) atoms. The number of thiophene rings is 1. The zero-order chi connectivity index (χ0) is 21.6. The maximum atomic E-state index is 12.7. The van der Waals surface area contributed by atoms with Gasteiger partial charge in [-0.05, 0) is 17.7 Å². The second-order valence-electron chi connectivity index (χ2n) is 7.39. The van der Waals surface area contributed by atoms with Crippen LogP contribution in [-0.2, 0) is 16.1 Å². The molecule has 1 N–H and O–H groups in total. The normalized spacial score (nSPS) is 15.0. The number of nitrogens with zero attached hydrogens (tertiary/aromatic N) is 2. The number of amides is 1. The summed E-state index contributed by atoms with van der Waals surface area (Å²) >= 11 is 1.34. The van der Waals surface area contributed by atoms with Crippen LogP contribution in [-0.4, -0.2) is 61.5 Å². The fourth-order valence-corrected chi connectivity index (χ4v) is 4.66. The van der Waals surface area contributed by atoms with E-state index in [-0.39, 0.29) is 12.5 Å². The number of furan rings is 1. The van der Waals surface area contributed by atoms with E-state index in [2.05, 4.69) is 15.1 Å². The molecule has 1 saturated heterocycles. The lowest BCUT2D eigenvalue weighted by atomic mass is 10.0. The van der Waals surface area contributed by atoms with Gasteiger partial charge in [0.1, 0.15) is 16.3 Å². The first kappa shape index (κ1) is 21.3. The second-order valence-corrected chi connectivity index (χ2v) is 8.27. The van der Waals surface area contributed by atoms with Gasteiger partial charge in [-0.25, -0.2) is 4.79 Å². The number of rotatable bonds is 7. The zero-order valence-electron chi connectivity index (χ0n) is 17.4. The molecule has 7 nitrogen and oxygen atoms in total. The molecule has 0 atom stereocenters. The van der Waals surface area contributed by atoms with Gasteiger partial charge in [0.05, 0.1) is 26.5 Å². The second kappa shape index (κ2) is 9.91. The number of anilines is 1. The van der Waals surface area contributed by atoms with Crippen molar-refractivity contribution in [3.05, 3.63) is 65.4 Å². The summed E-state index contributed by atoms with van der Waals surface area (Å²) in [6, 6.07) is 13.5. The highest BCUT2D eigenvalue weighted by Gasteiger charge is 2.24. The number of hydrogen-bond acceptors (Lipinski definition) is 7. The Morgan fingerprint density at radius 3 is 2.48 bits per heavy atom. The Hall–Kier alpha value is -2.94. The summed E-state index contributed by atoms with van der Waals surface area (Å²) in [4.78, 5) is 29.6. The van der Waals surface area contributed by atoms with Crippen LogP contribution in [0.3, 0.4) is 0 Å². The number of benzene rings is 1. The van der Waals surface area contributed by atoms with Crippen molar-refractivity contribution in [3.8, 4) is 11.1 Å². The van der Waals surface area contributed by atoms with Gasteiger partial charge in [0, 0.05) is 37.1 Å². The van der Waals surface area contributed by atoms with Crippen molar-refractivity contribution in [3.63, 3.8) is 0 Å². The van der Waals surface area contributed by atoms with Crippen molar-refractivity contribution in [2.24, 2.45) is 0 Å². The Balaban J connectivity index is 1.36. The van der Waals surface area contributed by atoms with Gasteiger partial charge in [0.2, 0.25) is 5.91 Å². The third-order valence-corrected chi connectivity index (χ3v) is 6.21. The summed E-state index contributed by atoms with van der Waals surface area (Å²) in [5.41, 5.74) is 2.07. The molecule has 0 saturated carbocycles. The highest BCUT2D eigenvalue weighted by Crippen LogP contribution is 2.36. The molecular weight excluding hydrogens is 414 g/mol. The van der Waals surface area contributed by atoms with Crippen LogP contribution in [0.4, 0.5) is 5.00 Å². The van der Waals surface area contributed by atoms with Crippen LogP contribution in [0.25, 0.3) is 11.1 Å². The number of ether oxygens (including phenoxy) is 1. The zero-order valence-corrected chi connectivity index (χ0v) is 18.2. The first-order chi connectivity index (χ1) is 15.1. The smallest absolute Gasteiger partial charge is 0.341 e. The van der Waals surface area contributed by atoms with Crippen molar-refractivity contribution < 1.29 is 18.7 Å². The number of nitrogens with one attached hydrogen (secondary N) is 1. The van der Waals surface area contributed by atoms with Crippen LogP contribution in [0, 0.1) is 0 Å². The molecule has 3 heterocycles. The summed E-state index contributed by atoms with van der Waals surface area (Å²) in [6.45, 7) is 4.42. The van der Waals surface area contributed by atoms with Gasteiger partial charge in [0.15, 0.2) is 0 Å². The van der Waals surface area contributed by atoms with Gasteiger partial charge in [-0.3, -0.25) is 14.6 Å².